The summed E-state index contributed by atoms with van der Waals surface area (Å²) in [6.07, 6.45) is 3.92. The van der Waals surface area contributed by atoms with E-state index < -0.39 is 0 Å². The summed E-state index contributed by atoms with van der Waals surface area (Å²) in [7, 11) is 0. The second kappa shape index (κ2) is 5.01. The van der Waals surface area contributed by atoms with E-state index in [0.717, 1.165) is 6.54 Å². The maximum absolute atomic E-state index is 3.56. The molecule has 1 aliphatic rings. The van der Waals surface area contributed by atoms with Gasteiger partial charge in [0.1, 0.15) is 0 Å². The van der Waals surface area contributed by atoms with Gasteiger partial charge in [-0.1, -0.05) is 24.6 Å². The fourth-order valence-corrected chi connectivity index (χ4v) is 1.91. The summed E-state index contributed by atoms with van der Waals surface area (Å²) >= 11 is 0. The second-order valence-electron chi connectivity index (χ2n) is 3.91. The van der Waals surface area contributed by atoms with Crippen LogP contribution in [0.2, 0.25) is 0 Å². The van der Waals surface area contributed by atoms with Crippen LogP contribution in [0.5, 0.6) is 0 Å². The quantitative estimate of drug-likeness (QED) is 0.747. The Bertz CT molecular complexity index is 250. The van der Waals surface area contributed by atoms with Gasteiger partial charge in [-0.15, -0.1) is 0 Å². The van der Waals surface area contributed by atoms with Gasteiger partial charge in [0.15, 0.2) is 0 Å². The first kappa shape index (κ1) is 9.53. The lowest BCUT2D eigenvalue weighted by Crippen LogP contribution is -2.30. The van der Waals surface area contributed by atoms with E-state index in [4.69, 9.17) is 0 Å². The third-order valence-corrected chi connectivity index (χ3v) is 2.69. The molecular weight excluding hydrogens is 172 g/mol. The normalized spacial score (nSPS) is 22.7. The molecule has 0 bridgehead atoms. The van der Waals surface area contributed by atoms with E-state index in [1.807, 2.05) is 0 Å². The molecule has 2 heteroatoms. The van der Waals surface area contributed by atoms with Crippen molar-refractivity contribution in [3.63, 3.8) is 0 Å². The van der Waals surface area contributed by atoms with Crippen LogP contribution in [-0.4, -0.2) is 19.1 Å². The smallest absolute Gasteiger partial charge is 0.0385 e. The van der Waals surface area contributed by atoms with Crippen LogP contribution >= 0.6 is 0 Å². The largest absolute Gasteiger partial charge is 0.381 e. The molecule has 2 rings (SSSR count). The molecule has 0 saturated carbocycles. The van der Waals surface area contributed by atoms with E-state index >= 15 is 0 Å². The summed E-state index contributed by atoms with van der Waals surface area (Å²) in [5, 5.41) is 7.01. The summed E-state index contributed by atoms with van der Waals surface area (Å²) in [6.45, 7) is 2.27. The van der Waals surface area contributed by atoms with E-state index in [0.29, 0.717) is 6.04 Å². The number of rotatable bonds is 2. The Morgan fingerprint density at radius 3 is 2.86 bits per heavy atom. The molecule has 1 atom stereocenters. The zero-order chi connectivity index (χ0) is 9.64. The first-order chi connectivity index (χ1) is 6.95. The zero-order valence-electron chi connectivity index (χ0n) is 8.50. The van der Waals surface area contributed by atoms with Crippen LogP contribution in [0.4, 0.5) is 5.69 Å². The Kier molecular flexibility index (Phi) is 3.41. The molecule has 0 radical (unpaired) electrons. The SMILES string of the molecule is c1ccc(NC2CCCCNC2)cc1. The highest BCUT2D eigenvalue weighted by Crippen LogP contribution is 2.12. The second-order valence-corrected chi connectivity index (χ2v) is 3.91. The van der Waals surface area contributed by atoms with Gasteiger partial charge in [-0.05, 0) is 31.5 Å². The van der Waals surface area contributed by atoms with Gasteiger partial charge in [-0.2, -0.15) is 0 Å². The number of nitrogens with one attached hydrogen (secondary N) is 2. The van der Waals surface area contributed by atoms with E-state index in [-0.39, 0.29) is 0 Å². The predicted molar refractivity (Wildman–Crippen MR) is 60.6 cm³/mol. The van der Waals surface area contributed by atoms with Crippen molar-refractivity contribution in [1.82, 2.24) is 5.32 Å². The standard InChI is InChI=1S/C12H18N2/c1-2-6-11(7-3-1)14-12-8-4-5-9-13-10-12/h1-3,6-7,12-14H,4-5,8-10H2. The highest BCUT2D eigenvalue weighted by molar-refractivity contribution is 5.43. The van der Waals surface area contributed by atoms with Crippen molar-refractivity contribution in [3.8, 4) is 0 Å². The Morgan fingerprint density at radius 1 is 1.14 bits per heavy atom. The van der Waals surface area contributed by atoms with Crippen molar-refractivity contribution >= 4 is 5.69 Å². The van der Waals surface area contributed by atoms with Crippen LogP contribution in [0.1, 0.15) is 19.3 Å². The lowest BCUT2D eigenvalue weighted by molar-refractivity contribution is 0.636. The molecule has 1 aromatic carbocycles. The Labute approximate surface area is 85.7 Å². The monoisotopic (exact) mass is 190 g/mol. The fourth-order valence-electron chi connectivity index (χ4n) is 1.91. The molecular formula is C12H18N2. The first-order valence-electron chi connectivity index (χ1n) is 5.47. The highest BCUT2D eigenvalue weighted by atomic mass is 15.0. The van der Waals surface area contributed by atoms with Crippen molar-refractivity contribution in [2.24, 2.45) is 0 Å². The maximum Gasteiger partial charge on any atom is 0.0385 e. The zero-order valence-corrected chi connectivity index (χ0v) is 8.50. The molecule has 1 heterocycles. The van der Waals surface area contributed by atoms with Gasteiger partial charge in [0.2, 0.25) is 0 Å². The third-order valence-electron chi connectivity index (χ3n) is 2.69. The average Bonchev–Trinajstić information content (AvgIpc) is 2.48. The van der Waals surface area contributed by atoms with Crippen molar-refractivity contribution in [2.75, 3.05) is 18.4 Å². The predicted octanol–water partition coefficient (Wildman–Crippen LogP) is 2.24. The van der Waals surface area contributed by atoms with Gasteiger partial charge in [0.05, 0.1) is 0 Å². The molecule has 1 aromatic rings. The molecule has 0 spiro atoms. The molecule has 0 aliphatic carbocycles. The van der Waals surface area contributed by atoms with Crippen LogP contribution < -0.4 is 10.6 Å². The van der Waals surface area contributed by atoms with Gasteiger partial charge in [0, 0.05) is 18.3 Å². The molecule has 76 valence electrons. The first-order valence-corrected chi connectivity index (χ1v) is 5.47. The topological polar surface area (TPSA) is 24.1 Å². The van der Waals surface area contributed by atoms with Gasteiger partial charge in [-0.3, -0.25) is 0 Å². The average molecular weight is 190 g/mol. The summed E-state index contributed by atoms with van der Waals surface area (Å²) in [5.74, 6) is 0. The van der Waals surface area contributed by atoms with Crippen LogP contribution in [0, 0.1) is 0 Å². The van der Waals surface area contributed by atoms with E-state index in [1.165, 1.54) is 31.5 Å². The molecule has 0 aromatic heterocycles. The van der Waals surface area contributed by atoms with Crippen LogP contribution in [0.3, 0.4) is 0 Å². The van der Waals surface area contributed by atoms with Crippen molar-refractivity contribution < 1.29 is 0 Å². The number of benzene rings is 1. The lowest BCUT2D eigenvalue weighted by Gasteiger charge is -2.17. The minimum Gasteiger partial charge on any atom is -0.381 e. The molecule has 2 nitrogen and oxygen atoms in total. The molecule has 1 fully saturated rings. The summed E-state index contributed by atoms with van der Waals surface area (Å²) < 4.78 is 0. The summed E-state index contributed by atoms with van der Waals surface area (Å²) in [6, 6.07) is 11.1. The maximum atomic E-state index is 3.56. The van der Waals surface area contributed by atoms with Gasteiger partial charge in [0.25, 0.3) is 0 Å². The lowest BCUT2D eigenvalue weighted by atomic mass is 10.1. The molecule has 2 N–H and O–H groups in total. The molecule has 1 saturated heterocycles. The van der Waals surface area contributed by atoms with Crippen molar-refractivity contribution in [2.45, 2.75) is 25.3 Å². The van der Waals surface area contributed by atoms with Gasteiger partial charge >= 0.3 is 0 Å². The fraction of sp³-hybridized carbons (Fsp3) is 0.500. The van der Waals surface area contributed by atoms with E-state index in [2.05, 4.69) is 41.0 Å². The number of anilines is 1. The van der Waals surface area contributed by atoms with E-state index in [9.17, 15) is 0 Å². The highest BCUT2D eigenvalue weighted by Gasteiger charge is 2.10. The summed E-state index contributed by atoms with van der Waals surface area (Å²) in [4.78, 5) is 0. The Hall–Kier alpha value is -1.02. The summed E-state index contributed by atoms with van der Waals surface area (Å²) in [5.41, 5.74) is 1.24. The van der Waals surface area contributed by atoms with Crippen LogP contribution in [0.25, 0.3) is 0 Å². The molecule has 14 heavy (non-hydrogen) atoms. The van der Waals surface area contributed by atoms with Crippen LogP contribution in [0.15, 0.2) is 30.3 Å². The minimum atomic E-state index is 0.597. The van der Waals surface area contributed by atoms with Gasteiger partial charge in [-0.25, -0.2) is 0 Å². The third kappa shape index (κ3) is 2.74. The van der Waals surface area contributed by atoms with Crippen molar-refractivity contribution in [1.29, 1.82) is 0 Å². The number of hydrogen-bond donors (Lipinski definition) is 2. The molecule has 0 amide bonds. The van der Waals surface area contributed by atoms with E-state index in [1.54, 1.807) is 0 Å². The molecule has 1 unspecified atom stereocenters. The van der Waals surface area contributed by atoms with Crippen LogP contribution in [-0.2, 0) is 0 Å². The Morgan fingerprint density at radius 2 is 2.00 bits per heavy atom. The molecule has 1 aliphatic heterocycles. The minimum absolute atomic E-state index is 0.597. The Balaban J connectivity index is 1.90. The van der Waals surface area contributed by atoms with Crippen molar-refractivity contribution in [3.05, 3.63) is 30.3 Å². The van der Waals surface area contributed by atoms with Gasteiger partial charge < -0.3 is 10.6 Å². The number of hydrogen-bond acceptors (Lipinski definition) is 2. The number of para-hydroxylation sites is 1.